The first kappa shape index (κ1) is 30.8. The second kappa shape index (κ2) is 11.3. The van der Waals surface area contributed by atoms with E-state index in [1.165, 1.54) is 24.6 Å². The van der Waals surface area contributed by atoms with Gasteiger partial charge < -0.3 is 20.1 Å². The first-order chi connectivity index (χ1) is 19.1. The zero-order chi connectivity index (χ0) is 30.3. The normalized spacial score (nSPS) is 28.2. The highest BCUT2D eigenvalue weighted by Crippen LogP contribution is 2.66. The zero-order valence-corrected chi connectivity index (χ0v) is 25.1. The van der Waals surface area contributed by atoms with Gasteiger partial charge in [-0.3, -0.25) is 4.79 Å². The topological polar surface area (TPSA) is 138 Å². The van der Waals surface area contributed by atoms with Gasteiger partial charge in [-0.05, 0) is 76.9 Å². The molecule has 3 aliphatic rings. The van der Waals surface area contributed by atoms with Crippen LogP contribution in [-0.2, 0) is 20.7 Å². The Morgan fingerprint density at radius 1 is 1.17 bits per heavy atom. The van der Waals surface area contributed by atoms with E-state index in [9.17, 15) is 24.5 Å². The van der Waals surface area contributed by atoms with Gasteiger partial charge in [0.15, 0.2) is 0 Å². The molecule has 10 nitrogen and oxygen atoms in total. The number of hydrogen-bond acceptors (Lipinski definition) is 9. The summed E-state index contributed by atoms with van der Waals surface area (Å²) in [5, 5.41) is 19.2. The number of nitroso groups, excluding NO2 is 2. The maximum absolute atomic E-state index is 13.6. The van der Waals surface area contributed by atoms with Crippen molar-refractivity contribution in [1.29, 1.82) is 0 Å². The Hall–Kier alpha value is -3.14. The maximum Gasteiger partial charge on any atom is 0.329 e. The molecular formula is C31H44N4O6. The minimum atomic E-state index is -1.43. The van der Waals surface area contributed by atoms with Crippen molar-refractivity contribution in [3.05, 3.63) is 45.9 Å². The number of nitrogens with one attached hydrogen (secondary N) is 1. The molecule has 1 saturated heterocycles. The third-order valence-electron chi connectivity index (χ3n) is 10.3. The predicted molar refractivity (Wildman–Crippen MR) is 156 cm³/mol. The molecule has 0 radical (unpaired) electrons. The first-order valence-corrected chi connectivity index (χ1v) is 14.6. The molecule has 1 amide bonds. The minimum absolute atomic E-state index is 0.0293. The third kappa shape index (κ3) is 5.67. The summed E-state index contributed by atoms with van der Waals surface area (Å²) in [4.78, 5) is 50.5. The van der Waals surface area contributed by atoms with Gasteiger partial charge in [-0.1, -0.05) is 54.2 Å². The molecule has 224 valence electrons. The lowest BCUT2D eigenvalue weighted by molar-refractivity contribution is -0.161. The van der Waals surface area contributed by atoms with Crippen molar-refractivity contribution in [2.45, 2.75) is 104 Å². The summed E-state index contributed by atoms with van der Waals surface area (Å²) in [5.74, 6) is -0.280. The van der Waals surface area contributed by atoms with Crippen molar-refractivity contribution in [3.8, 4) is 0 Å². The number of hydrogen-bond donors (Lipinski definition) is 2. The Labute approximate surface area is 242 Å². The number of amides is 1. The predicted octanol–water partition coefficient (Wildman–Crippen LogP) is 5.65. The molecule has 1 aromatic carbocycles. The third-order valence-corrected chi connectivity index (χ3v) is 10.3. The maximum atomic E-state index is 13.6. The Balaban J connectivity index is 1.44. The summed E-state index contributed by atoms with van der Waals surface area (Å²) < 4.78 is 6.23. The van der Waals surface area contributed by atoms with Gasteiger partial charge in [-0.25, -0.2) is 4.79 Å². The first-order valence-electron chi connectivity index (χ1n) is 14.6. The molecule has 1 heterocycles. The quantitative estimate of drug-likeness (QED) is 0.275. The van der Waals surface area contributed by atoms with Crippen molar-refractivity contribution in [3.63, 3.8) is 0 Å². The molecule has 1 aliphatic heterocycles. The monoisotopic (exact) mass is 568 g/mol. The molecule has 41 heavy (non-hydrogen) atoms. The van der Waals surface area contributed by atoms with Gasteiger partial charge in [0.05, 0.1) is 6.04 Å². The Morgan fingerprint density at radius 3 is 2.41 bits per heavy atom. The zero-order valence-electron chi connectivity index (χ0n) is 25.1. The number of fused-ring (bicyclic) bond motifs is 2. The molecule has 3 fully saturated rings. The van der Waals surface area contributed by atoms with Crippen molar-refractivity contribution in [2.24, 2.45) is 32.5 Å². The Kier molecular flexibility index (Phi) is 8.47. The molecule has 6 unspecified atom stereocenters. The van der Waals surface area contributed by atoms with E-state index in [2.05, 4.69) is 43.0 Å². The van der Waals surface area contributed by atoms with Crippen LogP contribution in [0.25, 0.3) is 0 Å². The molecule has 4 rings (SSSR count). The Bertz CT molecular complexity index is 1220. The number of aliphatic hydroxyl groups excluding tert-OH is 1. The summed E-state index contributed by atoms with van der Waals surface area (Å²) in [6, 6.07) is 3.14. The van der Waals surface area contributed by atoms with Crippen molar-refractivity contribution in [2.75, 3.05) is 6.54 Å². The van der Waals surface area contributed by atoms with Crippen LogP contribution in [0.15, 0.2) is 40.8 Å². The fourth-order valence-corrected chi connectivity index (χ4v) is 7.25. The molecule has 0 spiro atoms. The van der Waals surface area contributed by atoms with Gasteiger partial charge in [0.2, 0.25) is 5.91 Å². The molecule has 10 heteroatoms. The number of rotatable bonds is 10. The van der Waals surface area contributed by atoms with Crippen molar-refractivity contribution < 1.29 is 19.4 Å². The standard InChI is InChI=1S/C31H44N4O6/c1-18(35-14-8-9-23(35)28(38)41-25-17-20-12-13-31(25,7)30(20,5)6)26(29(2,3)4)32-27(37)24(36)16-19-10-11-21(33-39)22(15-19)34-40/h10-11,15,20,23-26,36H,1,8-9,12-14,16-17H2,2-7H3,(H,32,37). The van der Waals surface area contributed by atoms with E-state index in [-0.39, 0.29) is 40.7 Å². The van der Waals surface area contributed by atoms with Crippen LogP contribution in [0.4, 0.5) is 11.4 Å². The molecule has 2 N–H and O–H groups in total. The van der Waals surface area contributed by atoms with E-state index in [0.29, 0.717) is 30.1 Å². The number of aliphatic hydroxyl groups is 1. The molecular weight excluding hydrogens is 524 g/mol. The average molecular weight is 569 g/mol. The van der Waals surface area contributed by atoms with Crippen LogP contribution >= 0.6 is 0 Å². The molecule has 6 atom stereocenters. The number of nitrogens with zero attached hydrogens (tertiary/aromatic N) is 3. The lowest BCUT2D eigenvalue weighted by atomic mass is 9.70. The summed E-state index contributed by atoms with van der Waals surface area (Å²) in [7, 11) is 0. The Morgan fingerprint density at radius 2 is 1.85 bits per heavy atom. The van der Waals surface area contributed by atoms with Crippen LogP contribution < -0.4 is 5.32 Å². The van der Waals surface area contributed by atoms with Crippen LogP contribution in [0.1, 0.15) is 79.2 Å². The molecule has 2 aliphatic carbocycles. The van der Waals surface area contributed by atoms with Gasteiger partial charge >= 0.3 is 5.97 Å². The second-order valence-corrected chi connectivity index (χ2v) is 13.9. The van der Waals surface area contributed by atoms with Crippen LogP contribution in [0.5, 0.6) is 0 Å². The molecule has 0 aromatic heterocycles. The van der Waals surface area contributed by atoms with E-state index >= 15 is 0 Å². The summed E-state index contributed by atoms with van der Waals surface area (Å²) in [6.07, 6.45) is 2.99. The van der Waals surface area contributed by atoms with Gasteiger partial charge in [-0.2, -0.15) is 0 Å². The van der Waals surface area contributed by atoms with E-state index in [1.54, 1.807) is 0 Å². The van der Waals surface area contributed by atoms with Crippen LogP contribution in [0, 0.1) is 32.0 Å². The lowest BCUT2D eigenvalue weighted by Gasteiger charge is -2.41. The number of ether oxygens (including phenoxy) is 1. The highest BCUT2D eigenvalue weighted by Gasteiger charge is 2.63. The van der Waals surface area contributed by atoms with Gasteiger partial charge in [0, 0.05) is 24.1 Å². The van der Waals surface area contributed by atoms with Crippen LogP contribution in [-0.4, -0.2) is 52.7 Å². The van der Waals surface area contributed by atoms with E-state index in [4.69, 9.17) is 4.74 Å². The SMILES string of the molecule is C=C(C(NC(=O)C(O)Cc1ccc(N=O)c(N=O)c1)C(C)(C)C)N1CCCC1C(=O)OC1CC2CCC1(C)C2(C)C. The number of carbonyl (C=O) groups is 2. The average Bonchev–Trinajstić information content (AvgIpc) is 3.54. The number of carbonyl (C=O) groups excluding carboxylic acids is 2. The minimum Gasteiger partial charge on any atom is -0.460 e. The largest absolute Gasteiger partial charge is 0.460 e. The van der Waals surface area contributed by atoms with Gasteiger partial charge in [-0.15, -0.1) is 9.81 Å². The van der Waals surface area contributed by atoms with Crippen molar-refractivity contribution in [1.82, 2.24) is 10.2 Å². The highest BCUT2D eigenvalue weighted by molar-refractivity contribution is 5.82. The fourth-order valence-electron chi connectivity index (χ4n) is 7.25. The molecule has 1 aromatic rings. The second-order valence-electron chi connectivity index (χ2n) is 13.9. The van der Waals surface area contributed by atoms with Crippen LogP contribution in [0.2, 0.25) is 0 Å². The van der Waals surface area contributed by atoms with E-state index in [0.717, 1.165) is 19.3 Å². The summed E-state index contributed by atoms with van der Waals surface area (Å²) in [6.45, 7) is 17.7. The molecule has 2 bridgehead atoms. The van der Waals surface area contributed by atoms with Crippen LogP contribution in [0.3, 0.4) is 0 Å². The number of benzene rings is 1. The number of likely N-dealkylation sites (tertiary alicyclic amines) is 1. The smallest absolute Gasteiger partial charge is 0.329 e. The van der Waals surface area contributed by atoms with Gasteiger partial charge in [0.25, 0.3) is 0 Å². The lowest BCUT2D eigenvalue weighted by Crippen LogP contribution is -2.53. The highest BCUT2D eigenvalue weighted by atomic mass is 16.5. The van der Waals surface area contributed by atoms with E-state index < -0.39 is 29.5 Å². The fraction of sp³-hybridized carbons (Fsp3) is 0.677. The number of esters is 1. The van der Waals surface area contributed by atoms with E-state index in [1.807, 2.05) is 25.7 Å². The summed E-state index contributed by atoms with van der Waals surface area (Å²) >= 11 is 0. The summed E-state index contributed by atoms with van der Waals surface area (Å²) in [5.41, 5.74) is 0.435. The van der Waals surface area contributed by atoms with Gasteiger partial charge in [0.1, 0.15) is 29.6 Å². The molecule has 2 saturated carbocycles. The van der Waals surface area contributed by atoms with Crippen molar-refractivity contribution >= 4 is 23.3 Å².